The number of rotatable bonds is 6. The van der Waals surface area contributed by atoms with E-state index in [4.69, 9.17) is 9.47 Å². The van der Waals surface area contributed by atoms with Gasteiger partial charge in [-0.15, -0.1) is 0 Å². The zero-order valence-corrected chi connectivity index (χ0v) is 12.6. The Morgan fingerprint density at radius 2 is 1.95 bits per heavy atom. The highest BCUT2D eigenvalue weighted by Crippen LogP contribution is 2.28. The molecule has 112 valence electrons. The van der Waals surface area contributed by atoms with Gasteiger partial charge < -0.3 is 19.9 Å². The summed E-state index contributed by atoms with van der Waals surface area (Å²) in [6.07, 6.45) is 0. The third-order valence-corrected chi connectivity index (χ3v) is 3.19. The maximum absolute atomic E-state index is 9.90. The van der Waals surface area contributed by atoms with Crippen molar-refractivity contribution in [3.63, 3.8) is 0 Å². The van der Waals surface area contributed by atoms with Gasteiger partial charge in [-0.05, 0) is 49.7 Å². The number of hydrogen-bond acceptors (Lipinski definition) is 4. The molecule has 21 heavy (non-hydrogen) atoms. The fraction of sp³-hybridized carbons (Fsp3) is 0.294. The summed E-state index contributed by atoms with van der Waals surface area (Å²) < 4.78 is 10.8. The van der Waals surface area contributed by atoms with Crippen LogP contribution in [0.5, 0.6) is 17.2 Å². The van der Waals surface area contributed by atoms with Crippen LogP contribution < -0.4 is 14.8 Å². The monoisotopic (exact) mass is 287 g/mol. The Balaban J connectivity index is 2.16. The van der Waals surface area contributed by atoms with Crippen LogP contribution in [0.1, 0.15) is 18.1 Å². The van der Waals surface area contributed by atoms with E-state index in [1.165, 1.54) is 0 Å². The van der Waals surface area contributed by atoms with E-state index in [1.54, 1.807) is 19.2 Å². The van der Waals surface area contributed by atoms with Crippen molar-refractivity contribution in [3.8, 4) is 17.2 Å². The molecule has 0 saturated carbocycles. The molecule has 0 unspecified atom stereocenters. The van der Waals surface area contributed by atoms with Gasteiger partial charge in [0.1, 0.15) is 17.2 Å². The van der Waals surface area contributed by atoms with Gasteiger partial charge in [-0.1, -0.05) is 6.07 Å². The highest BCUT2D eigenvalue weighted by atomic mass is 16.5. The van der Waals surface area contributed by atoms with Gasteiger partial charge in [0.25, 0.3) is 0 Å². The Morgan fingerprint density at radius 1 is 1.14 bits per heavy atom. The molecule has 2 rings (SSSR count). The number of benzene rings is 2. The van der Waals surface area contributed by atoms with E-state index in [0.717, 1.165) is 28.3 Å². The van der Waals surface area contributed by atoms with E-state index in [0.29, 0.717) is 13.2 Å². The molecule has 2 aromatic rings. The first kappa shape index (κ1) is 15.0. The molecular weight excluding hydrogens is 266 g/mol. The first-order valence-electron chi connectivity index (χ1n) is 6.97. The fourth-order valence-corrected chi connectivity index (χ4v) is 2.07. The normalized spacial score (nSPS) is 10.2. The van der Waals surface area contributed by atoms with Crippen molar-refractivity contribution < 1.29 is 14.6 Å². The Kier molecular flexibility index (Phi) is 4.93. The van der Waals surface area contributed by atoms with Crippen molar-refractivity contribution in [2.75, 3.05) is 19.0 Å². The number of aromatic hydroxyl groups is 1. The van der Waals surface area contributed by atoms with Crippen LogP contribution in [0.2, 0.25) is 0 Å². The number of nitrogens with one attached hydrogen (secondary N) is 1. The molecule has 0 bridgehead atoms. The van der Waals surface area contributed by atoms with Crippen molar-refractivity contribution in [2.45, 2.75) is 20.4 Å². The van der Waals surface area contributed by atoms with E-state index in [9.17, 15) is 5.11 Å². The van der Waals surface area contributed by atoms with E-state index in [1.807, 2.05) is 38.1 Å². The van der Waals surface area contributed by atoms with Crippen LogP contribution in [0, 0.1) is 6.92 Å². The van der Waals surface area contributed by atoms with E-state index < -0.39 is 0 Å². The van der Waals surface area contributed by atoms with Crippen molar-refractivity contribution in [2.24, 2.45) is 0 Å². The van der Waals surface area contributed by atoms with Gasteiger partial charge in [0.15, 0.2) is 0 Å². The van der Waals surface area contributed by atoms with E-state index in [2.05, 4.69) is 5.32 Å². The molecule has 0 aromatic heterocycles. The minimum absolute atomic E-state index is 0.244. The quantitative estimate of drug-likeness (QED) is 0.850. The molecule has 0 fully saturated rings. The predicted octanol–water partition coefficient (Wildman–Crippen LogP) is 3.72. The number of methoxy groups -OCH3 is 1. The number of phenolic OH excluding ortho intramolecular Hbond substituents is 1. The SMILES string of the molecule is CCOc1cc(C)ccc1NCc1cc(OC)ccc1O. The summed E-state index contributed by atoms with van der Waals surface area (Å²) >= 11 is 0. The number of phenols is 1. The Bertz CT molecular complexity index is 611. The number of ether oxygens (including phenoxy) is 2. The maximum Gasteiger partial charge on any atom is 0.142 e. The van der Waals surface area contributed by atoms with Crippen LogP contribution in [0.3, 0.4) is 0 Å². The first-order chi connectivity index (χ1) is 10.1. The van der Waals surface area contributed by atoms with Gasteiger partial charge in [-0.25, -0.2) is 0 Å². The Labute approximate surface area is 125 Å². The topological polar surface area (TPSA) is 50.7 Å². The van der Waals surface area contributed by atoms with Crippen LogP contribution in [-0.2, 0) is 6.54 Å². The van der Waals surface area contributed by atoms with E-state index >= 15 is 0 Å². The molecule has 0 aliphatic heterocycles. The lowest BCUT2D eigenvalue weighted by Gasteiger charge is -2.14. The summed E-state index contributed by atoms with van der Waals surface area (Å²) in [5.74, 6) is 1.78. The van der Waals surface area contributed by atoms with Crippen molar-refractivity contribution >= 4 is 5.69 Å². The zero-order valence-electron chi connectivity index (χ0n) is 12.6. The molecule has 0 heterocycles. The lowest BCUT2D eigenvalue weighted by Crippen LogP contribution is -2.03. The fourth-order valence-electron chi connectivity index (χ4n) is 2.07. The largest absolute Gasteiger partial charge is 0.508 e. The van der Waals surface area contributed by atoms with Gasteiger partial charge in [-0.2, -0.15) is 0 Å². The van der Waals surface area contributed by atoms with Crippen LogP contribution in [0.4, 0.5) is 5.69 Å². The van der Waals surface area contributed by atoms with Gasteiger partial charge in [0.2, 0.25) is 0 Å². The van der Waals surface area contributed by atoms with Crippen molar-refractivity contribution in [3.05, 3.63) is 47.5 Å². The standard InChI is InChI=1S/C17H21NO3/c1-4-21-17-9-12(2)5-7-15(17)18-11-13-10-14(20-3)6-8-16(13)19/h5-10,18-19H,4,11H2,1-3H3. The van der Waals surface area contributed by atoms with Crippen LogP contribution >= 0.6 is 0 Å². The number of anilines is 1. The van der Waals surface area contributed by atoms with E-state index in [-0.39, 0.29) is 5.75 Å². The predicted molar refractivity (Wildman–Crippen MR) is 84.3 cm³/mol. The molecular formula is C17H21NO3. The molecule has 0 spiro atoms. The summed E-state index contributed by atoms with van der Waals surface area (Å²) in [5, 5.41) is 13.2. The van der Waals surface area contributed by atoms with Crippen LogP contribution in [0.15, 0.2) is 36.4 Å². The summed E-state index contributed by atoms with van der Waals surface area (Å²) in [4.78, 5) is 0. The van der Waals surface area contributed by atoms with Gasteiger partial charge >= 0.3 is 0 Å². The molecule has 2 N–H and O–H groups in total. The molecule has 4 heteroatoms. The minimum Gasteiger partial charge on any atom is -0.508 e. The molecule has 0 aliphatic rings. The van der Waals surface area contributed by atoms with Crippen molar-refractivity contribution in [1.29, 1.82) is 0 Å². The van der Waals surface area contributed by atoms with Crippen molar-refractivity contribution in [1.82, 2.24) is 0 Å². The molecule has 0 aliphatic carbocycles. The van der Waals surface area contributed by atoms with Crippen LogP contribution in [0.25, 0.3) is 0 Å². The average Bonchev–Trinajstić information content (AvgIpc) is 2.48. The highest BCUT2D eigenvalue weighted by molar-refractivity contribution is 5.58. The minimum atomic E-state index is 0.244. The highest BCUT2D eigenvalue weighted by Gasteiger charge is 2.07. The van der Waals surface area contributed by atoms with Gasteiger partial charge in [0.05, 0.1) is 19.4 Å². The van der Waals surface area contributed by atoms with Crippen LogP contribution in [-0.4, -0.2) is 18.8 Å². The molecule has 0 saturated heterocycles. The molecule has 0 atom stereocenters. The molecule has 2 aromatic carbocycles. The second-order valence-corrected chi connectivity index (χ2v) is 4.78. The summed E-state index contributed by atoms with van der Waals surface area (Å²) in [7, 11) is 1.61. The first-order valence-corrected chi connectivity index (χ1v) is 6.97. The Hall–Kier alpha value is -2.36. The molecule has 4 nitrogen and oxygen atoms in total. The number of hydrogen-bond donors (Lipinski definition) is 2. The Morgan fingerprint density at radius 3 is 2.67 bits per heavy atom. The zero-order chi connectivity index (χ0) is 15.2. The second kappa shape index (κ2) is 6.88. The third kappa shape index (κ3) is 3.81. The summed E-state index contributed by atoms with van der Waals surface area (Å²) in [6, 6.07) is 11.2. The lowest BCUT2D eigenvalue weighted by atomic mass is 10.1. The average molecular weight is 287 g/mol. The summed E-state index contributed by atoms with van der Waals surface area (Å²) in [6.45, 7) is 5.09. The molecule has 0 radical (unpaired) electrons. The lowest BCUT2D eigenvalue weighted by molar-refractivity contribution is 0.341. The van der Waals surface area contributed by atoms with Gasteiger partial charge in [0, 0.05) is 12.1 Å². The smallest absolute Gasteiger partial charge is 0.142 e. The summed E-state index contributed by atoms with van der Waals surface area (Å²) in [5.41, 5.74) is 2.83. The number of aryl methyl sites for hydroxylation is 1. The van der Waals surface area contributed by atoms with Gasteiger partial charge in [-0.3, -0.25) is 0 Å². The molecule has 0 amide bonds. The third-order valence-electron chi connectivity index (χ3n) is 3.19. The maximum atomic E-state index is 9.90. The second-order valence-electron chi connectivity index (χ2n) is 4.78.